The van der Waals surface area contributed by atoms with Gasteiger partial charge in [-0.1, -0.05) is 13.3 Å². The Morgan fingerprint density at radius 1 is 1.44 bits per heavy atom. The van der Waals surface area contributed by atoms with Crippen LogP contribution in [0.1, 0.15) is 47.5 Å². The molecule has 0 aliphatic rings. The van der Waals surface area contributed by atoms with Gasteiger partial charge in [-0.25, -0.2) is 0 Å². The third-order valence-electron chi connectivity index (χ3n) is 2.18. The Bertz CT molecular complexity index is 212. The molecule has 3 N–H and O–H groups in total. The molecule has 0 aliphatic carbocycles. The van der Waals surface area contributed by atoms with Crippen LogP contribution >= 0.6 is 0 Å². The molecule has 16 heavy (non-hydrogen) atoms. The highest BCUT2D eigenvalue weighted by molar-refractivity contribution is 5.82. The van der Waals surface area contributed by atoms with Gasteiger partial charge in [0.2, 0.25) is 5.91 Å². The predicted molar refractivity (Wildman–Crippen MR) is 66.2 cm³/mol. The van der Waals surface area contributed by atoms with E-state index in [4.69, 9.17) is 10.5 Å². The summed E-state index contributed by atoms with van der Waals surface area (Å²) in [7, 11) is 0. The summed E-state index contributed by atoms with van der Waals surface area (Å²) in [5.74, 6) is -0.134. The molecule has 0 aromatic rings. The van der Waals surface area contributed by atoms with Gasteiger partial charge < -0.3 is 15.8 Å². The standard InChI is InChI=1S/C12H26N2O2/c1-6-7-8-14-11(15)10(13)9(2)16-12(3,4)5/h9-10H,6-8,13H2,1-5H3,(H,14,15)/t9-,10+/m1/s1. The average Bonchev–Trinajstić information content (AvgIpc) is 2.14. The Balaban J connectivity index is 4.01. The van der Waals surface area contributed by atoms with Crippen molar-refractivity contribution in [1.82, 2.24) is 5.32 Å². The third kappa shape index (κ3) is 6.80. The first-order valence-corrected chi connectivity index (χ1v) is 5.99. The van der Waals surface area contributed by atoms with Gasteiger partial charge in [-0.2, -0.15) is 0 Å². The van der Waals surface area contributed by atoms with Crippen LogP contribution in [0, 0.1) is 0 Å². The summed E-state index contributed by atoms with van der Waals surface area (Å²) in [6.45, 7) is 10.4. The van der Waals surface area contributed by atoms with E-state index in [0.29, 0.717) is 6.54 Å². The number of carbonyl (C=O) groups excluding carboxylic acids is 1. The largest absolute Gasteiger partial charge is 0.371 e. The van der Waals surface area contributed by atoms with Crippen molar-refractivity contribution in [3.8, 4) is 0 Å². The van der Waals surface area contributed by atoms with E-state index in [-0.39, 0.29) is 17.6 Å². The van der Waals surface area contributed by atoms with Crippen LogP contribution in [0.15, 0.2) is 0 Å². The second kappa shape index (κ2) is 6.86. The smallest absolute Gasteiger partial charge is 0.239 e. The first-order valence-electron chi connectivity index (χ1n) is 5.99. The van der Waals surface area contributed by atoms with Crippen molar-refractivity contribution >= 4 is 5.91 Å². The number of unbranched alkanes of at least 4 members (excludes halogenated alkanes) is 1. The average molecular weight is 230 g/mol. The van der Waals surface area contributed by atoms with Crippen LogP contribution in [0.2, 0.25) is 0 Å². The van der Waals surface area contributed by atoms with E-state index in [0.717, 1.165) is 12.8 Å². The van der Waals surface area contributed by atoms with Gasteiger partial charge in [0, 0.05) is 6.54 Å². The minimum absolute atomic E-state index is 0.134. The molecular formula is C12H26N2O2. The van der Waals surface area contributed by atoms with E-state index in [2.05, 4.69) is 12.2 Å². The number of hydrogen-bond acceptors (Lipinski definition) is 3. The van der Waals surface area contributed by atoms with Crippen molar-refractivity contribution in [2.24, 2.45) is 5.73 Å². The Hall–Kier alpha value is -0.610. The fraction of sp³-hybridized carbons (Fsp3) is 0.917. The number of rotatable bonds is 6. The summed E-state index contributed by atoms with van der Waals surface area (Å²) < 4.78 is 5.64. The lowest BCUT2D eigenvalue weighted by atomic mass is 10.1. The fourth-order valence-electron chi connectivity index (χ4n) is 1.35. The van der Waals surface area contributed by atoms with Gasteiger partial charge in [-0.3, -0.25) is 4.79 Å². The first kappa shape index (κ1) is 15.4. The summed E-state index contributed by atoms with van der Waals surface area (Å²) in [5.41, 5.74) is 5.54. The molecule has 0 saturated carbocycles. The van der Waals surface area contributed by atoms with Gasteiger partial charge in [-0.05, 0) is 34.1 Å². The molecule has 4 heteroatoms. The first-order chi connectivity index (χ1) is 7.28. The molecule has 0 rings (SSSR count). The topological polar surface area (TPSA) is 64.4 Å². The molecule has 0 spiro atoms. The lowest BCUT2D eigenvalue weighted by Gasteiger charge is -2.28. The van der Waals surface area contributed by atoms with E-state index < -0.39 is 6.04 Å². The predicted octanol–water partition coefficient (Wildman–Crippen LogP) is 1.43. The number of ether oxygens (including phenoxy) is 1. The molecule has 2 atom stereocenters. The summed E-state index contributed by atoms with van der Waals surface area (Å²) in [4.78, 5) is 11.6. The Morgan fingerprint density at radius 3 is 2.44 bits per heavy atom. The van der Waals surface area contributed by atoms with Gasteiger partial charge in [0.25, 0.3) is 0 Å². The summed E-state index contributed by atoms with van der Waals surface area (Å²) >= 11 is 0. The second-order valence-corrected chi connectivity index (χ2v) is 5.11. The Morgan fingerprint density at radius 2 is 2.00 bits per heavy atom. The van der Waals surface area contributed by atoms with Crippen LogP contribution in [-0.4, -0.2) is 30.2 Å². The number of nitrogens with one attached hydrogen (secondary N) is 1. The van der Waals surface area contributed by atoms with Crippen LogP contribution in [0.4, 0.5) is 0 Å². The van der Waals surface area contributed by atoms with Crippen molar-refractivity contribution in [1.29, 1.82) is 0 Å². The van der Waals surface area contributed by atoms with Gasteiger partial charge >= 0.3 is 0 Å². The highest BCUT2D eigenvalue weighted by Crippen LogP contribution is 2.12. The van der Waals surface area contributed by atoms with Crippen molar-refractivity contribution in [2.75, 3.05) is 6.54 Å². The molecular weight excluding hydrogens is 204 g/mol. The maximum absolute atomic E-state index is 11.6. The van der Waals surface area contributed by atoms with Crippen molar-refractivity contribution in [2.45, 2.75) is 65.2 Å². The molecule has 96 valence electrons. The van der Waals surface area contributed by atoms with Gasteiger partial charge in [0.05, 0.1) is 11.7 Å². The van der Waals surface area contributed by atoms with Crippen molar-refractivity contribution in [3.05, 3.63) is 0 Å². The van der Waals surface area contributed by atoms with E-state index in [9.17, 15) is 4.79 Å². The minimum Gasteiger partial charge on any atom is -0.371 e. The summed E-state index contributed by atoms with van der Waals surface area (Å²) in [6.07, 6.45) is 1.76. The van der Waals surface area contributed by atoms with E-state index >= 15 is 0 Å². The molecule has 0 aromatic heterocycles. The molecule has 4 nitrogen and oxygen atoms in total. The molecule has 0 fully saturated rings. The summed E-state index contributed by atoms with van der Waals surface area (Å²) in [6, 6.07) is -0.601. The Kier molecular flexibility index (Phi) is 6.60. The molecule has 1 amide bonds. The van der Waals surface area contributed by atoms with Crippen LogP contribution in [0.3, 0.4) is 0 Å². The maximum Gasteiger partial charge on any atom is 0.239 e. The maximum atomic E-state index is 11.6. The number of carbonyl (C=O) groups is 1. The van der Waals surface area contributed by atoms with Crippen molar-refractivity contribution in [3.63, 3.8) is 0 Å². The van der Waals surface area contributed by atoms with Gasteiger partial charge in [-0.15, -0.1) is 0 Å². The highest BCUT2D eigenvalue weighted by atomic mass is 16.5. The molecule has 0 radical (unpaired) electrons. The quantitative estimate of drug-likeness (QED) is 0.679. The van der Waals surface area contributed by atoms with Crippen molar-refractivity contribution < 1.29 is 9.53 Å². The van der Waals surface area contributed by atoms with Gasteiger partial charge in [0.1, 0.15) is 6.04 Å². The zero-order valence-electron chi connectivity index (χ0n) is 11.2. The highest BCUT2D eigenvalue weighted by Gasteiger charge is 2.25. The van der Waals surface area contributed by atoms with Crippen LogP contribution in [-0.2, 0) is 9.53 Å². The number of amides is 1. The molecule has 0 aliphatic heterocycles. The van der Waals surface area contributed by atoms with Crippen LogP contribution in [0.25, 0.3) is 0 Å². The zero-order chi connectivity index (χ0) is 12.8. The summed E-state index contributed by atoms with van der Waals surface area (Å²) in [5, 5.41) is 2.81. The Labute approximate surface area is 98.9 Å². The zero-order valence-corrected chi connectivity index (χ0v) is 11.2. The lowest BCUT2D eigenvalue weighted by molar-refractivity contribution is -0.129. The van der Waals surface area contributed by atoms with E-state index in [1.54, 1.807) is 0 Å². The molecule has 0 aromatic carbocycles. The molecule has 0 unspecified atom stereocenters. The molecule has 0 bridgehead atoms. The monoisotopic (exact) mass is 230 g/mol. The van der Waals surface area contributed by atoms with E-state index in [1.807, 2.05) is 27.7 Å². The van der Waals surface area contributed by atoms with Gasteiger partial charge in [0.15, 0.2) is 0 Å². The lowest BCUT2D eigenvalue weighted by Crippen LogP contribution is -2.50. The SMILES string of the molecule is CCCCNC(=O)[C@@H](N)[C@@H](C)OC(C)(C)C. The molecule has 0 heterocycles. The molecule has 0 saturated heterocycles. The number of hydrogen-bond donors (Lipinski definition) is 2. The fourth-order valence-corrected chi connectivity index (χ4v) is 1.35. The van der Waals surface area contributed by atoms with Crippen LogP contribution < -0.4 is 11.1 Å². The third-order valence-corrected chi connectivity index (χ3v) is 2.18. The van der Waals surface area contributed by atoms with Crippen LogP contribution in [0.5, 0.6) is 0 Å². The normalized spacial score (nSPS) is 15.6. The number of nitrogens with two attached hydrogens (primary N) is 1. The minimum atomic E-state index is -0.601. The second-order valence-electron chi connectivity index (χ2n) is 5.11. The van der Waals surface area contributed by atoms with E-state index in [1.165, 1.54) is 0 Å².